The summed E-state index contributed by atoms with van der Waals surface area (Å²) < 4.78 is 13.9. The number of aromatic amines is 1. The molecule has 1 fully saturated rings. The number of nitrogens with zero attached hydrogens (tertiary/aromatic N) is 3. The van der Waals surface area contributed by atoms with Crippen molar-refractivity contribution in [3.8, 4) is 0 Å². The number of hydrogen-bond donors (Lipinski definition) is 1. The third-order valence-corrected chi connectivity index (χ3v) is 4.60. The Hall–Kier alpha value is -2.89. The second-order valence-corrected chi connectivity index (χ2v) is 6.20. The first kappa shape index (κ1) is 15.6. The fourth-order valence-electron chi connectivity index (χ4n) is 3.29. The van der Waals surface area contributed by atoms with Crippen LogP contribution in [0.15, 0.2) is 48.7 Å². The smallest absolute Gasteiger partial charge is 0.270 e. The zero-order valence-corrected chi connectivity index (χ0v) is 13.8. The molecular formula is C19H19FN4O. The number of pyridine rings is 1. The summed E-state index contributed by atoms with van der Waals surface area (Å²) in [4.78, 5) is 24.3. The molecule has 1 saturated heterocycles. The van der Waals surface area contributed by atoms with Gasteiger partial charge in [0.1, 0.15) is 17.3 Å². The van der Waals surface area contributed by atoms with Gasteiger partial charge in [0, 0.05) is 43.3 Å². The summed E-state index contributed by atoms with van der Waals surface area (Å²) in [5, 5.41) is 0.454. The van der Waals surface area contributed by atoms with Gasteiger partial charge in [0.05, 0.1) is 0 Å². The fraction of sp³-hybridized carbons (Fsp3) is 0.263. The van der Waals surface area contributed by atoms with Crippen LogP contribution in [0, 0.1) is 5.82 Å². The summed E-state index contributed by atoms with van der Waals surface area (Å²) in [5.74, 6) is 0.535. The molecule has 1 aliphatic heterocycles. The van der Waals surface area contributed by atoms with Crippen molar-refractivity contribution in [2.24, 2.45) is 0 Å². The van der Waals surface area contributed by atoms with Crippen LogP contribution in [-0.4, -0.2) is 47.0 Å². The Kier molecular flexibility index (Phi) is 4.09. The minimum absolute atomic E-state index is 0.0847. The molecule has 3 aromatic rings. The molecule has 4 rings (SSSR count). The van der Waals surface area contributed by atoms with Crippen molar-refractivity contribution in [1.29, 1.82) is 0 Å². The molecule has 0 saturated carbocycles. The molecule has 0 unspecified atom stereocenters. The molecule has 2 aromatic heterocycles. The van der Waals surface area contributed by atoms with Crippen molar-refractivity contribution < 1.29 is 9.18 Å². The van der Waals surface area contributed by atoms with Gasteiger partial charge in [-0.25, -0.2) is 9.37 Å². The molecule has 1 aromatic carbocycles. The zero-order valence-electron chi connectivity index (χ0n) is 13.8. The largest absolute Gasteiger partial charge is 0.355 e. The van der Waals surface area contributed by atoms with Crippen molar-refractivity contribution in [2.75, 3.05) is 31.1 Å². The lowest BCUT2D eigenvalue weighted by atomic mass is 10.2. The van der Waals surface area contributed by atoms with E-state index in [2.05, 4.69) is 14.9 Å². The topological polar surface area (TPSA) is 52.2 Å². The third kappa shape index (κ3) is 3.07. The summed E-state index contributed by atoms with van der Waals surface area (Å²) in [7, 11) is 0. The second-order valence-electron chi connectivity index (χ2n) is 6.20. The van der Waals surface area contributed by atoms with Crippen LogP contribution in [0.4, 0.5) is 10.2 Å². The van der Waals surface area contributed by atoms with Gasteiger partial charge in [0.15, 0.2) is 0 Å². The van der Waals surface area contributed by atoms with E-state index in [1.54, 1.807) is 24.4 Å². The minimum atomic E-state index is -0.315. The monoisotopic (exact) mass is 338 g/mol. The third-order valence-electron chi connectivity index (χ3n) is 4.60. The van der Waals surface area contributed by atoms with Crippen LogP contribution >= 0.6 is 0 Å². The second kappa shape index (κ2) is 6.55. The molecule has 1 N–H and O–H groups in total. The van der Waals surface area contributed by atoms with Crippen molar-refractivity contribution in [3.05, 3.63) is 60.2 Å². The van der Waals surface area contributed by atoms with E-state index in [1.807, 2.05) is 23.1 Å². The molecule has 0 spiro atoms. The first-order valence-electron chi connectivity index (χ1n) is 8.45. The number of fused-ring (bicyclic) bond motifs is 1. The number of benzene rings is 1. The van der Waals surface area contributed by atoms with Gasteiger partial charge in [0.25, 0.3) is 5.91 Å². The van der Waals surface area contributed by atoms with Gasteiger partial charge >= 0.3 is 0 Å². The number of rotatable bonds is 2. The molecule has 25 heavy (non-hydrogen) atoms. The molecule has 6 heteroatoms. The van der Waals surface area contributed by atoms with E-state index in [0.29, 0.717) is 29.7 Å². The van der Waals surface area contributed by atoms with Crippen molar-refractivity contribution >= 4 is 22.6 Å². The summed E-state index contributed by atoms with van der Waals surface area (Å²) in [6, 6.07) is 12.3. The maximum absolute atomic E-state index is 13.9. The Balaban J connectivity index is 1.51. The number of amides is 1. The lowest BCUT2D eigenvalue weighted by Crippen LogP contribution is -2.35. The maximum Gasteiger partial charge on any atom is 0.270 e. The Labute approximate surface area is 145 Å². The Bertz CT molecular complexity index is 893. The lowest BCUT2D eigenvalue weighted by Gasteiger charge is -2.22. The number of carbonyl (C=O) groups excluding carboxylic acids is 1. The fourth-order valence-corrected chi connectivity index (χ4v) is 3.29. The molecule has 5 nitrogen and oxygen atoms in total. The van der Waals surface area contributed by atoms with E-state index in [0.717, 1.165) is 25.3 Å². The average molecular weight is 338 g/mol. The van der Waals surface area contributed by atoms with E-state index >= 15 is 0 Å². The van der Waals surface area contributed by atoms with Gasteiger partial charge in [-0.3, -0.25) is 4.79 Å². The highest BCUT2D eigenvalue weighted by Crippen LogP contribution is 2.20. The zero-order chi connectivity index (χ0) is 17.2. The predicted molar refractivity (Wildman–Crippen MR) is 95.2 cm³/mol. The van der Waals surface area contributed by atoms with Gasteiger partial charge in [-0.2, -0.15) is 0 Å². The number of anilines is 1. The average Bonchev–Trinajstić information content (AvgIpc) is 2.93. The first-order chi connectivity index (χ1) is 12.2. The van der Waals surface area contributed by atoms with E-state index in [1.165, 1.54) is 6.07 Å². The van der Waals surface area contributed by atoms with Crippen LogP contribution in [0.25, 0.3) is 10.9 Å². The lowest BCUT2D eigenvalue weighted by molar-refractivity contribution is 0.0762. The standard InChI is InChI=1S/C19H19FN4O/c20-15-5-3-6-16-14(15)13-17(22-16)19(25)24-10-4-9-23(11-12-24)18-7-1-2-8-21-18/h1-3,5-8,13,22H,4,9-12H2. The number of nitrogens with one attached hydrogen (secondary N) is 1. The molecule has 128 valence electrons. The van der Waals surface area contributed by atoms with Crippen LogP contribution in [0.2, 0.25) is 0 Å². The van der Waals surface area contributed by atoms with E-state index < -0.39 is 0 Å². The molecule has 3 heterocycles. The van der Waals surface area contributed by atoms with Crippen molar-refractivity contribution in [1.82, 2.24) is 14.9 Å². The Morgan fingerprint density at radius 1 is 1.08 bits per heavy atom. The van der Waals surface area contributed by atoms with Crippen molar-refractivity contribution in [2.45, 2.75) is 6.42 Å². The summed E-state index contributed by atoms with van der Waals surface area (Å²) in [5.41, 5.74) is 1.08. The van der Waals surface area contributed by atoms with Crippen LogP contribution in [0.3, 0.4) is 0 Å². The normalized spacial score (nSPS) is 15.4. The molecule has 0 radical (unpaired) electrons. The highest BCUT2D eigenvalue weighted by Gasteiger charge is 2.22. The van der Waals surface area contributed by atoms with Crippen LogP contribution in [0.5, 0.6) is 0 Å². The summed E-state index contributed by atoms with van der Waals surface area (Å²) in [6.07, 6.45) is 2.65. The van der Waals surface area contributed by atoms with Crippen LogP contribution in [0.1, 0.15) is 16.9 Å². The maximum atomic E-state index is 13.9. The quantitative estimate of drug-likeness (QED) is 0.781. The highest BCUT2D eigenvalue weighted by molar-refractivity contribution is 5.98. The summed E-state index contributed by atoms with van der Waals surface area (Å²) >= 11 is 0. The molecule has 0 bridgehead atoms. The van der Waals surface area contributed by atoms with Gasteiger partial charge in [-0.15, -0.1) is 0 Å². The van der Waals surface area contributed by atoms with Gasteiger partial charge in [-0.05, 0) is 36.8 Å². The molecule has 0 aliphatic carbocycles. The van der Waals surface area contributed by atoms with Crippen LogP contribution < -0.4 is 4.90 Å². The van der Waals surface area contributed by atoms with E-state index in [9.17, 15) is 9.18 Å². The van der Waals surface area contributed by atoms with E-state index in [-0.39, 0.29) is 11.7 Å². The summed E-state index contributed by atoms with van der Waals surface area (Å²) in [6.45, 7) is 2.90. The Morgan fingerprint density at radius 2 is 2.00 bits per heavy atom. The predicted octanol–water partition coefficient (Wildman–Crippen LogP) is 3.05. The molecule has 1 aliphatic rings. The van der Waals surface area contributed by atoms with Gasteiger partial charge in [-0.1, -0.05) is 12.1 Å². The molecular weight excluding hydrogens is 319 g/mol. The number of aromatic nitrogens is 2. The van der Waals surface area contributed by atoms with Crippen molar-refractivity contribution in [3.63, 3.8) is 0 Å². The minimum Gasteiger partial charge on any atom is -0.355 e. The van der Waals surface area contributed by atoms with Crippen LogP contribution in [-0.2, 0) is 0 Å². The number of H-pyrrole nitrogens is 1. The number of halogens is 1. The molecule has 1 amide bonds. The highest BCUT2D eigenvalue weighted by atomic mass is 19.1. The van der Waals surface area contributed by atoms with Gasteiger partial charge < -0.3 is 14.8 Å². The van der Waals surface area contributed by atoms with Gasteiger partial charge in [0.2, 0.25) is 0 Å². The van der Waals surface area contributed by atoms with E-state index in [4.69, 9.17) is 0 Å². The molecule has 0 atom stereocenters. The Morgan fingerprint density at radius 3 is 2.80 bits per heavy atom. The number of carbonyl (C=O) groups is 1. The number of hydrogen-bond acceptors (Lipinski definition) is 3. The first-order valence-corrected chi connectivity index (χ1v) is 8.45. The SMILES string of the molecule is O=C(c1cc2c(F)cccc2[nH]1)N1CCCN(c2ccccn2)CC1.